The van der Waals surface area contributed by atoms with Crippen molar-refractivity contribution in [3.8, 4) is 5.75 Å². The normalized spacial score (nSPS) is 15.0. The molecule has 0 saturated carbocycles. The van der Waals surface area contributed by atoms with E-state index >= 15 is 0 Å². The van der Waals surface area contributed by atoms with E-state index in [-0.39, 0.29) is 5.75 Å². The monoisotopic (exact) mass is 302 g/mol. The summed E-state index contributed by atoms with van der Waals surface area (Å²) in [5.41, 5.74) is 2.67. The summed E-state index contributed by atoms with van der Waals surface area (Å²) >= 11 is 0. The van der Waals surface area contributed by atoms with E-state index in [4.69, 9.17) is 0 Å². The molecule has 0 spiro atoms. The van der Waals surface area contributed by atoms with E-state index in [1.165, 1.54) is 11.3 Å². The van der Waals surface area contributed by atoms with Crippen LogP contribution in [0.15, 0.2) is 53.4 Å². The summed E-state index contributed by atoms with van der Waals surface area (Å²) in [5, 5.41) is 9.23. The summed E-state index contributed by atoms with van der Waals surface area (Å²) in [6, 6.07) is 14.9. The van der Waals surface area contributed by atoms with Gasteiger partial charge >= 0.3 is 0 Å². The first-order valence-corrected chi connectivity index (χ1v) is 8.16. The molecule has 2 aromatic rings. The lowest BCUT2D eigenvalue weighted by Gasteiger charge is -2.19. The number of para-hydroxylation sites is 1. The maximum atomic E-state index is 12.1. The van der Waals surface area contributed by atoms with Gasteiger partial charge < -0.3 is 10.0 Å². The van der Waals surface area contributed by atoms with Crippen molar-refractivity contribution in [2.24, 2.45) is 0 Å². The fourth-order valence-corrected chi connectivity index (χ4v) is 3.39. The van der Waals surface area contributed by atoms with Crippen LogP contribution in [0.2, 0.25) is 0 Å². The third-order valence-corrected chi connectivity index (χ3v) is 4.82. The third-order valence-electron chi connectivity index (χ3n) is 3.65. The minimum absolute atomic E-state index is 0.185. The molecule has 0 saturated heterocycles. The quantitative estimate of drug-likeness (QED) is 0.889. The van der Waals surface area contributed by atoms with Crippen molar-refractivity contribution >= 4 is 16.7 Å². The molecule has 1 heterocycles. The van der Waals surface area contributed by atoms with E-state index in [0.717, 1.165) is 19.5 Å². The highest BCUT2D eigenvalue weighted by Crippen LogP contribution is 2.26. The van der Waals surface area contributed by atoms with Gasteiger partial charge in [0.25, 0.3) is 0 Å². The minimum Gasteiger partial charge on any atom is -0.508 e. The summed E-state index contributed by atoms with van der Waals surface area (Å²) in [6.45, 7) is 2.51. The van der Waals surface area contributed by atoms with Crippen LogP contribution in [0, 0.1) is 0 Å². The van der Waals surface area contributed by atoms with Gasteiger partial charge in [-0.2, -0.15) is 0 Å². The molecule has 1 unspecified atom stereocenters. The molecular formula is C16H18N2O2S. The van der Waals surface area contributed by atoms with Crippen LogP contribution >= 0.6 is 0 Å². The molecular weight excluding hydrogens is 284 g/mol. The van der Waals surface area contributed by atoms with Crippen LogP contribution in [0.5, 0.6) is 5.75 Å². The lowest BCUT2D eigenvalue weighted by atomic mass is 10.2. The van der Waals surface area contributed by atoms with Crippen molar-refractivity contribution in [3.05, 3.63) is 54.1 Å². The summed E-state index contributed by atoms with van der Waals surface area (Å²) < 4.78 is 15.1. The SMILES string of the molecule is O=S(NCCN1CCc2ccccc21)c1ccc(O)cc1. The highest BCUT2D eigenvalue weighted by Gasteiger charge is 2.17. The molecule has 4 nitrogen and oxygen atoms in total. The smallest absolute Gasteiger partial charge is 0.124 e. The van der Waals surface area contributed by atoms with Crippen molar-refractivity contribution in [3.63, 3.8) is 0 Å². The number of rotatable bonds is 5. The molecule has 2 aromatic carbocycles. The Balaban J connectivity index is 1.53. The Kier molecular flexibility index (Phi) is 4.22. The van der Waals surface area contributed by atoms with Gasteiger partial charge in [-0.05, 0) is 42.3 Å². The molecule has 1 aliphatic heterocycles. The van der Waals surface area contributed by atoms with Crippen LogP contribution < -0.4 is 9.62 Å². The van der Waals surface area contributed by atoms with Crippen molar-refractivity contribution in [1.29, 1.82) is 0 Å². The highest BCUT2D eigenvalue weighted by molar-refractivity contribution is 7.83. The van der Waals surface area contributed by atoms with Gasteiger partial charge in [0.1, 0.15) is 16.7 Å². The van der Waals surface area contributed by atoms with Gasteiger partial charge in [-0.3, -0.25) is 0 Å². The van der Waals surface area contributed by atoms with E-state index in [9.17, 15) is 9.32 Å². The van der Waals surface area contributed by atoms with E-state index in [0.29, 0.717) is 11.4 Å². The number of hydrogen-bond acceptors (Lipinski definition) is 3. The van der Waals surface area contributed by atoms with Crippen molar-refractivity contribution in [2.45, 2.75) is 11.3 Å². The topological polar surface area (TPSA) is 52.6 Å². The van der Waals surface area contributed by atoms with Crippen LogP contribution in [0.25, 0.3) is 0 Å². The zero-order valence-electron chi connectivity index (χ0n) is 11.7. The number of aromatic hydroxyl groups is 1. The second-order valence-electron chi connectivity index (χ2n) is 5.02. The Morgan fingerprint density at radius 3 is 2.71 bits per heavy atom. The zero-order chi connectivity index (χ0) is 14.7. The molecule has 5 heteroatoms. The second-order valence-corrected chi connectivity index (χ2v) is 6.32. The molecule has 1 atom stereocenters. The van der Waals surface area contributed by atoms with Crippen LogP contribution in [0.1, 0.15) is 5.56 Å². The van der Waals surface area contributed by atoms with Crippen molar-refractivity contribution in [2.75, 3.05) is 24.5 Å². The third kappa shape index (κ3) is 3.25. The molecule has 3 rings (SSSR count). The first-order chi connectivity index (χ1) is 10.2. The van der Waals surface area contributed by atoms with Crippen LogP contribution in [-0.2, 0) is 17.4 Å². The number of phenolic OH excluding ortho intramolecular Hbond substituents is 1. The predicted octanol–water partition coefficient (Wildman–Crippen LogP) is 2.07. The average Bonchev–Trinajstić information content (AvgIpc) is 2.91. The fraction of sp³-hybridized carbons (Fsp3) is 0.250. The summed E-state index contributed by atoms with van der Waals surface area (Å²) in [7, 11) is -1.24. The average molecular weight is 302 g/mol. The molecule has 110 valence electrons. The van der Waals surface area contributed by atoms with E-state index in [1.807, 2.05) is 0 Å². The maximum Gasteiger partial charge on any atom is 0.124 e. The van der Waals surface area contributed by atoms with Crippen LogP contribution in [-0.4, -0.2) is 28.9 Å². The second kappa shape index (κ2) is 6.28. The van der Waals surface area contributed by atoms with Crippen molar-refractivity contribution in [1.82, 2.24) is 4.72 Å². The van der Waals surface area contributed by atoms with Gasteiger partial charge in [-0.1, -0.05) is 18.2 Å². The van der Waals surface area contributed by atoms with Gasteiger partial charge in [-0.25, -0.2) is 8.93 Å². The molecule has 0 fully saturated rings. The summed E-state index contributed by atoms with van der Waals surface area (Å²) in [6.07, 6.45) is 1.08. The lowest BCUT2D eigenvalue weighted by Crippen LogP contribution is -2.31. The number of benzene rings is 2. The van der Waals surface area contributed by atoms with Crippen LogP contribution in [0.3, 0.4) is 0 Å². The number of fused-ring (bicyclic) bond motifs is 1. The molecule has 1 aliphatic rings. The largest absolute Gasteiger partial charge is 0.508 e. The highest BCUT2D eigenvalue weighted by atomic mass is 32.2. The predicted molar refractivity (Wildman–Crippen MR) is 84.9 cm³/mol. The molecule has 21 heavy (non-hydrogen) atoms. The standard InChI is InChI=1S/C16H18N2O2S/c19-14-5-7-15(8-6-14)21(20)17-10-12-18-11-9-13-3-1-2-4-16(13)18/h1-8,17,19H,9-12H2. The van der Waals surface area contributed by atoms with Gasteiger partial charge in [0.2, 0.25) is 0 Å². The zero-order valence-corrected chi connectivity index (χ0v) is 12.5. The van der Waals surface area contributed by atoms with E-state index in [1.54, 1.807) is 24.3 Å². The Hall–Kier alpha value is -1.85. The molecule has 2 N–H and O–H groups in total. The summed E-state index contributed by atoms with van der Waals surface area (Å²) in [5.74, 6) is 0.185. The number of nitrogens with one attached hydrogen (secondary N) is 1. The number of phenols is 1. The first-order valence-electron chi connectivity index (χ1n) is 7.01. The Morgan fingerprint density at radius 1 is 1.14 bits per heavy atom. The lowest BCUT2D eigenvalue weighted by molar-refractivity contribution is 0.475. The van der Waals surface area contributed by atoms with E-state index in [2.05, 4.69) is 33.9 Å². The van der Waals surface area contributed by atoms with E-state index < -0.39 is 11.0 Å². The number of nitrogens with zero attached hydrogens (tertiary/aromatic N) is 1. The van der Waals surface area contributed by atoms with Gasteiger partial charge in [-0.15, -0.1) is 0 Å². The Morgan fingerprint density at radius 2 is 1.90 bits per heavy atom. The van der Waals surface area contributed by atoms with Gasteiger partial charge in [0, 0.05) is 25.3 Å². The minimum atomic E-state index is -1.24. The Bertz CT molecular complexity index is 643. The number of hydrogen-bond donors (Lipinski definition) is 2. The molecule has 0 aliphatic carbocycles. The van der Waals surface area contributed by atoms with Crippen molar-refractivity contribution < 1.29 is 9.32 Å². The van der Waals surface area contributed by atoms with Gasteiger partial charge in [0.15, 0.2) is 0 Å². The Labute approximate surface area is 127 Å². The molecule has 0 aromatic heterocycles. The molecule has 0 bridgehead atoms. The molecule has 0 amide bonds. The fourth-order valence-electron chi connectivity index (χ4n) is 2.57. The number of anilines is 1. The van der Waals surface area contributed by atoms with Crippen LogP contribution in [0.4, 0.5) is 5.69 Å². The first kappa shape index (κ1) is 14.1. The summed E-state index contributed by atoms with van der Waals surface area (Å²) in [4.78, 5) is 2.99. The molecule has 0 radical (unpaired) electrons. The van der Waals surface area contributed by atoms with Gasteiger partial charge in [0.05, 0.1) is 4.90 Å². The maximum absolute atomic E-state index is 12.1.